The van der Waals surface area contributed by atoms with E-state index in [1.165, 1.54) is 0 Å². The van der Waals surface area contributed by atoms with Gasteiger partial charge in [0.2, 0.25) is 0 Å². The second kappa shape index (κ2) is 6.89. The van der Waals surface area contributed by atoms with Crippen LogP contribution in [-0.2, 0) is 9.84 Å². The lowest BCUT2D eigenvalue weighted by Crippen LogP contribution is -2.73. The molecule has 2 saturated heterocycles. The minimum absolute atomic E-state index is 0.120. The Morgan fingerprint density at radius 2 is 1.95 bits per heavy atom. The topological polar surface area (TPSA) is 75.4 Å². The molecule has 0 saturated carbocycles. The molecule has 0 spiro atoms. The van der Waals surface area contributed by atoms with Gasteiger partial charge in [-0.1, -0.05) is 26.2 Å². The number of nitrogens with two attached hydrogens (primary N) is 1. The summed E-state index contributed by atoms with van der Waals surface area (Å²) in [5.41, 5.74) is 5.59. The van der Waals surface area contributed by atoms with Gasteiger partial charge in [0.05, 0.1) is 17.0 Å². The Bertz CT molecular complexity index is 420. The summed E-state index contributed by atoms with van der Waals surface area (Å²) >= 11 is 0. The fraction of sp³-hybridized carbons (Fsp3) is 1.00. The number of piperidine rings is 1. The summed E-state index contributed by atoms with van der Waals surface area (Å²) in [5, 5.41) is 3.04. The number of sulfone groups is 1. The molecule has 0 radical (unpaired) electrons. The van der Waals surface area contributed by atoms with Crippen LogP contribution in [0.15, 0.2) is 0 Å². The van der Waals surface area contributed by atoms with Gasteiger partial charge in [0, 0.05) is 32.2 Å². The molecule has 0 aromatic rings. The van der Waals surface area contributed by atoms with Crippen molar-refractivity contribution < 1.29 is 12.8 Å². The van der Waals surface area contributed by atoms with E-state index in [-0.39, 0.29) is 17.5 Å². The molecule has 0 aliphatic carbocycles. The maximum Gasteiger partial charge on any atom is 0.152 e. The minimum atomic E-state index is -2.96. The van der Waals surface area contributed by atoms with E-state index in [9.17, 15) is 12.8 Å². The number of nitrogens with one attached hydrogen (secondary N) is 1. The third-order valence-corrected chi connectivity index (χ3v) is 6.60. The summed E-state index contributed by atoms with van der Waals surface area (Å²) in [6, 6.07) is -0.293. The highest BCUT2D eigenvalue weighted by Crippen LogP contribution is 2.34. The van der Waals surface area contributed by atoms with Crippen LogP contribution in [0.1, 0.15) is 32.6 Å². The molecule has 2 aliphatic rings. The monoisotopic (exact) mass is 321 g/mol. The van der Waals surface area contributed by atoms with Crippen molar-refractivity contribution in [2.45, 2.75) is 50.4 Å². The second-order valence-electron chi connectivity index (χ2n) is 6.32. The van der Waals surface area contributed by atoms with Gasteiger partial charge in [0.25, 0.3) is 0 Å². The van der Waals surface area contributed by atoms with Gasteiger partial charge in [-0.15, -0.1) is 0 Å². The summed E-state index contributed by atoms with van der Waals surface area (Å²) in [4.78, 5) is 2.03. The van der Waals surface area contributed by atoms with Crippen LogP contribution in [0.4, 0.5) is 4.39 Å². The van der Waals surface area contributed by atoms with Gasteiger partial charge in [-0.05, 0) is 6.42 Å². The lowest BCUT2D eigenvalue weighted by molar-refractivity contribution is -0.0282. The van der Waals surface area contributed by atoms with Crippen molar-refractivity contribution >= 4 is 9.84 Å². The van der Waals surface area contributed by atoms with Crippen molar-refractivity contribution in [3.05, 3.63) is 0 Å². The highest BCUT2D eigenvalue weighted by molar-refractivity contribution is 7.91. The zero-order valence-corrected chi connectivity index (χ0v) is 13.7. The normalized spacial score (nSPS) is 37.5. The molecule has 3 atom stereocenters. The average molecular weight is 321 g/mol. The highest BCUT2D eigenvalue weighted by Gasteiger charge is 2.51. The Hall–Kier alpha value is -0.240. The summed E-state index contributed by atoms with van der Waals surface area (Å²) < 4.78 is 38.1. The van der Waals surface area contributed by atoms with Crippen LogP contribution in [0.25, 0.3) is 0 Å². The molecule has 5 nitrogen and oxygen atoms in total. The Kier molecular flexibility index (Phi) is 5.62. The molecular weight excluding hydrogens is 293 g/mol. The van der Waals surface area contributed by atoms with Crippen LogP contribution in [0, 0.1) is 0 Å². The first-order valence-corrected chi connectivity index (χ1v) is 9.80. The first-order valence-electron chi connectivity index (χ1n) is 7.98. The van der Waals surface area contributed by atoms with Crippen LogP contribution in [0.3, 0.4) is 0 Å². The molecule has 3 unspecified atom stereocenters. The lowest BCUT2D eigenvalue weighted by Gasteiger charge is -2.53. The fourth-order valence-electron chi connectivity index (χ4n) is 3.67. The number of alkyl halides is 1. The summed E-state index contributed by atoms with van der Waals surface area (Å²) in [6.45, 7) is 3.83. The number of unbranched alkanes of at least 4 members (excludes halogenated alkanes) is 2. The van der Waals surface area contributed by atoms with Crippen LogP contribution in [0.2, 0.25) is 0 Å². The van der Waals surface area contributed by atoms with E-state index in [1.807, 2.05) is 4.90 Å². The quantitative estimate of drug-likeness (QED) is 0.713. The Morgan fingerprint density at radius 1 is 1.29 bits per heavy atom. The van der Waals surface area contributed by atoms with Gasteiger partial charge in [-0.25, -0.2) is 12.8 Å². The largest absolute Gasteiger partial charge is 0.325 e. The number of nitrogens with zero attached hydrogens (tertiary/aromatic N) is 1. The second-order valence-corrected chi connectivity index (χ2v) is 8.62. The van der Waals surface area contributed by atoms with Crippen molar-refractivity contribution in [2.24, 2.45) is 5.73 Å². The van der Waals surface area contributed by atoms with E-state index in [4.69, 9.17) is 5.73 Å². The summed E-state index contributed by atoms with van der Waals surface area (Å²) in [7, 11) is -2.96. The lowest BCUT2D eigenvalue weighted by atomic mass is 9.76. The van der Waals surface area contributed by atoms with E-state index < -0.39 is 21.5 Å². The van der Waals surface area contributed by atoms with Crippen LogP contribution in [0.5, 0.6) is 0 Å². The molecule has 0 bridgehead atoms. The molecule has 2 fully saturated rings. The van der Waals surface area contributed by atoms with E-state index >= 15 is 0 Å². The molecule has 124 valence electrons. The molecule has 2 heterocycles. The third-order valence-electron chi connectivity index (χ3n) is 4.99. The van der Waals surface area contributed by atoms with Crippen LogP contribution in [-0.4, -0.2) is 68.8 Å². The molecule has 0 amide bonds. The minimum Gasteiger partial charge on any atom is -0.325 e. The number of rotatable bonds is 5. The van der Waals surface area contributed by atoms with Crippen molar-refractivity contribution in [3.63, 3.8) is 0 Å². The highest BCUT2D eigenvalue weighted by atomic mass is 32.2. The van der Waals surface area contributed by atoms with E-state index in [0.29, 0.717) is 32.6 Å². The molecule has 3 N–H and O–H groups in total. The SMILES string of the molecule is CCCCCC1(N2CCS(=O)(=O)CC2)C(N)CNCC1F. The molecule has 21 heavy (non-hydrogen) atoms. The Balaban J connectivity index is 2.18. The average Bonchev–Trinajstić information content (AvgIpc) is 2.43. The first kappa shape index (κ1) is 17.1. The van der Waals surface area contributed by atoms with Gasteiger partial charge >= 0.3 is 0 Å². The van der Waals surface area contributed by atoms with Crippen LogP contribution < -0.4 is 11.1 Å². The Morgan fingerprint density at radius 3 is 2.52 bits per heavy atom. The predicted molar refractivity (Wildman–Crippen MR) is 82.8 cm³/mol. The molecule has 7 heteroatoms. The number of hydrogen-bond donors (Lipinski definition) is 2. The van der Waals surface area contributed by atoms with Gasteiger partial charge in [-0.2, -0.15) is 0 Å². The molecular formula is C14H28FN3O2S. The van der Waals surface area contributed by atoms with E-state index in [1.54, 1.807) is 0 Å². The van der Waals surface area contributed by atoms with E-state index in [0.717, 1.165) is 19.3 Å². The van der Waals surface area contributed by atoms with Gasteiger partial charge < -0.3 is 11.1 Å². The van der Waals surface area contributed by atoms with E-state index in [2.05, 4.69) is 12.2 Å². The summed E-state index contributed by atoms with van der Waals surface area (Å²) in [5.74, 6) is 0.241. The smallest absolute Gasteiger partial charge is 0.152 e. The number of hydrogen-bond acceptors (Lipinski definition) is 5. The maximum absolute atomic E-state index is 14.8. The zero-order valence-electron chi connectivity index (χ0n) is 12.9. The summed E-state index contributed by atoms with van der Waals surface area (Å²) in [6.07, 6.45) is 2.74. The van der Waals surface area contributed by atoms with Crippen molar-refractivity contribution in [1.29, 1.82) is 0 Å². The molecule has 2 rings (SSSR count). The van der Waals surface area contributed by atoms with Crippen molar-refractivity contribution in [3.8, 4) is 0 Å². The third kappa shape index (κ3) is 3.57. The molecule has 2 aliphatic heterocycles. The van der Waals surface area contributed by atoms with Gasteiger partial charge in [-0.3, -0.25) is 4.90 Å². The number of halogens is 1. The Labute approximate surface area is 127 Å². The predicted octanol–water partition coefficient (Wildman–Crippen LogP) is 0.305. The molecule has 0 aromatic heterocycles. The first-order chi connectivity index (χ1) is 9.92. The van der Waals surface area contributed by atoms with Crippen LogP contribution >= 0.6 is 0 Å². The zero-order chi connectivity index (χ0) is 15.5. The molecule has 0 aromatic carbocycles. The van der Waals surface area contributed by atoms with Crippen molar-refractivity contribution in [1.82, 2.24) is 10.2 Å². The van der Waals surface area contributed by atoms with Crippen molar-refractivity contribution in [2.75, 3.05) is 37.7 Å². The maximum atomic E-state index is 14.8. The van der Waals surface area contributed by atoms with Gasteiger partial charge in [0.1, 0.15) is 6.17 Å². The standard InChI is InChI=1S/C14H28FN3O2S/c1-2-3-4-5-14(12(15)10-17-11-13(14)16)18-6-8-21(19,20)9-7-18/h12-13,17H,2-11,16H2,1H3. The van der Waals surface area contributed by atoms with Gasteiger partial charge in [0.15, 0.2) is 9.84 Å². The fourth-order valence-corrected chi connectivity index (χ4v) is 4.87.